The smallest absolute Gasteiger partial charge is 0.218 e. The number of aliphatic hydroxyl groups is 1. The van der Waals surface area contributed by atoms with Gasteiger partial charge >= 0.3 is 0 Å². The Balaban J connectivity index is 2.82. The molecule has 0 atom stereocenters. The molecule has 6 nitrogen and oxygen atoms in total. The summed E-state index contributed by atoms with van der Waals surface area (Å²) in [5.41, 5.74) is 2.96. The fourth-order valence-corrected chi connectivity index (χ4v) is 2.51. The highest BCUT2D eigenvalue weighted by molar-refractivity contribution is 7.88. The fraction of sp³-hybridized carbons (Fsp3) is 0.400. The standard InChI is InChI=1S/C10H16N2O4S/c1-12(5-6-13)17(15,16)8-9-3-2-4-10(7-9)11-14/h2-4,7,11,13-14H,5-6,8H2,1H3. The highest BCUT2D eigenvalue weighted by Crippen LogP contribution is 2.14. The minimum absolute atomic E-state index is 0.0697. The molecule has 0 bridgehead atoms. The Bertz CT molecular complexity index is 461. The van der Waals surface area contributed by atoms with Crippen molar-refractivity contribution >= 4 is 15.7 Å². The molecule has 1 aromatic carbocycles. The number of rotatable bonds is 6. The van der Waals surface area contributed by atoms with E-state index in [0.29, 0.717) is 11.3 Å². The number of hydrogen-bond acceptors (Lipinski definition) is 5. The third kappa shape index (κ3) is 3.97. The summed E-state index contributed by atoms with van der Waals surface area (Å²) in [4.78, 5) is 0. The van der Waals surface area contributed by atoms with Crippen LogP contribution in [-0.4, -0.2) is 43.2 Å². The van der Waals surface area contributed by atoms with Gasteiger partial charge in [-0.3, -0.25) is 10.7 Å². The van der Waals surface area contributed by atoms with Crippen LogP contribution in [0, 0.1) is 0 Å². The van der Waals surface area contributed by atoms with Crippen LogP contribution in [0.15, 0.2) is 24.3 Å². The van der Waals surface area contributed by atoms with Gasteiger partial charge in [0, 0.05) is 13.6 Å². The van der Waals surface area contributed by atoms with Gasteiger partial charge in [-0.05, 0) is 17.7 Å². The van der Waals surface area contributed by atoms with E-state index in [9.17, 15) is 8.42 Å². The number of likely N-dealkylation sites (N-methyl/N-ethyl adjacent to an activating group) is 1. The minimum atomic E-state index is -3.44. The lowest BCUT2D eigenvalue weighted by molar-refractivity contribution is 0.266. The molecule has 1 rings (SSSR count). The number of sulfonamides is 1. The molecule has 0 amide bonds. The first-order valence-corrected chi connectivity index (χ1v) is 6.64. The van der Waals surface area contributed by atoms with Gasteiger partial charge < -0.3 is 5.11 Å². The summed E-state index contributed by atoms with van der Waals surface area (Å²) in [6, 6.07) is 6.47. The maximum absolute atomic E-state index is 11.8. The highest BCUT2D eigenvalue weighted by Gasteiger charge is 2.17. The molecule has 0 heterocycles. The van der Waals surface area contributed by atoms with Crippen molar-refractivity contribution in [3.05, 3.63) is 29.8 Å². The highest BCUT2D eigenvalue weighted by atomic mass is 32.2. The van der Waals surface area contributed by atoms with E-state index < -0.39 is 10.0 Å². The predicted octanol–water partition coefficient (Wildman–Crippen LogP) is 0.242. The van der Waals surface area contributed by atoms with Gasteiger partial charge in [-0.25, -0.2) is 12.7 Å². The quantitative estimate of drug-likeness (QED) is 0.638. The monoisotopic (exact) mass is 260 g/mol. The molecule has 0 fully saturated rings. The lowest BCUT2D eigenvalue weighted by Crippen LogP contribution is -2.30. The summed E-state index contributed by atoms with van der Waals surface area (Å²) >= 11 is 0. The second-order valence-corrected chi connectivity index (χ2v) is 5.69. The lowest BCUT2D eigenvalue weighted by Gasteiger charge is -2.15. The van der Waals surface area contributed by atoms with Crippen LogP contribution in [0.4, 0.5) is 5.69 Å². The summed E-state index contributed by atoms with van der Waals surface area (Å²) in [5.74, 6) is -0.168. The molecule has 0 aliphatic heterocycles. The van der Waals surface area contributed by atoms with Crippen molar-refractivity contribution in [3.8, 4) is 0 Å². The van der Waals surface area contributed by atoms with E-state index in [1.54, 1.807) is 24.3 Å². The largest absolute Gasteiger partial charge is 0.395 e. The van der Waals surface area contributed by atoms with E-state index in [-0.39, 0.29) is 18.9 Å². The van der Waals surface area contributed by atoms with Crippen LogP contribution in [0.25, 0.3) is 0 Å². The van der Waals surface area contributed by atoms with Crippen LogP contribution in [-0.2, 0) is 15.8 Å². The number of nitrogens with zero attached hydrogens (tertiary/aromatic N) is 1. The molecule has 1 aromatic rings. The fourth-order valence-electron chi connectivity index (χ4n) is 1.33. The van der Waals surface area contributed by atoms with Gasteiger partial charge in [-0.1, -0.05) is 12.1 Å². The average molecular weight is 260 g/mol. The van der Waals surface area contributed by atoms with Gasteiger partial charge in [0.2, 0.25) is 10.0 Å². The molecule has 96 valence electrons. The van der Waals surface area contributed by atoms with Crippen LogP contribution in [0.2, 0.25) is 0 Å². The maximum Gasteiger partial charge on any atom is 0.218 e. The SMILES string of the molecule is CN(CCO)S(=O)(=O)Cc1cccc(NO)c1. The van der Waals surface area contributed by atoms with Crippen molar-refractivity contribution in [2.45, 2.75) is 5.75 Å². The molecule has 17 heavy (non-hydrogen) atoms. The number of benzene rings is 1. The lowest BCUT2D eigenvalue weighted by atomic mass is 10.2. The van der Waals surface area contributed by atoms with Crippen molar-refractivity contribution in [1.82, 2.24) is 4.31 Å². The molecular weight excluding hydrogens is 244 g/mol. The van der Waals surface area contributed by atoms with E-state index in [1.165, 1.54) is 7.05 Å². The van der Waals surface area contributed by atoms with Crippen molar-refractivity contribution in [1.29, 1.82) is 0 Å². The van der Waals surface area contributed by atoms with E-state index in [2.05, 4.69) is 0 Å². The first-order chi connectivity index (χ1) is 7.99. The Morgan fingerprint density at radius 3 is 2.71 bits per heavy atom. The summed E-state index contributed by atoms with van der Waals surface area (Å²) in [7, 11) is -2.02. The van der Waals surface area contributed by atoms with Gasteiger partial charge in [0.05, 0.1) is 18.0 Å². The minimum Gasteiger partial charge on any atom is -0.395 e. The topological polar surface area (TPSA) is 89.9 Å². The number of aliphatic hydroxyl groups excluding tert-OH is 1. The van der Waals surface area contributed by atoms with E-state index in [0.717, 1.165) is 4.31 Å². The van der Waals surface area contributed by atoms with Gasteiger partial charge in [-0.2, -0.15) is 0 Å². The molecule has 0 saturated heterocycles. The van der Waals surface area contributed by atoms with Gasteiger partial charge in [-0.15, -0.1) is 0 Å². The van der Waals surface area contributed by atoms with Crippen molar-refractivity contribution in [2.24, 2.45) is 0 Å². The Morgan fingerprint density at radius 1 is 1.41 bits per heavy atom. The molecule has 0 aromatic heterocycles. The summed E-state index contributed by atoms with van der Waals surface area (Å²) in [6.07, 6.45) is 0. The molecule has 0 spiro atoms. The molecule has 0 saturated carbocycles. The van der Waals surface area contributed by atoms with E-state index in [1.807, 2.05) is 5.48 Å². The van der Waals surface area contributed by atoms with Crippen LogP contribution < -0.4 is 5.48 Å². The Morgan fingerprint density at radius 2 is 2.12 bits per heavy atom. The van der Waals surface area contributed by atoms with Crippen molar-refractivity contribution in [3.63, 3.8) is 0 Å². The maximum atomic E-state index is 11.8. The Hall–Kier alpha value is -1.15. The summed E-state index contributed by atoms with van der Waals surface area (Å²) < 4.78 is 24.7. The van der Waals surface area contributed by atoms with Crippen LogP contribution in [0.5, 0.6) is 0 Å². The van der Waals surface area contributed by atoms with E-state index >= 15 is 0 Å². The average Bonchev–Trinajstić information content (AvgIpc) is 2.29. The zero-order valence-electron chi connectivity index (χ0n) is 9.50. The zero-order valence-corrected chi connectivity index (χ0v) is 10.3. The van der Waals surface area contributed by atoms with Gasteiger partial charge in [0.25, 0.3) is 0 Å². The van der Waals surface area contributed by atoms with Crippen LogP contribution in [0.1, 0.15) is 5.56 Å². The van der Waals surface area contributed by atoms with Crippen LogP contribution in [0.3, 0.4) is 0 Å². The molecule has 3 N–H and O–H groups in total. The molecule has 0 radical (unpaired) electrons. The predicted molar refractivity (Wildman–Crippen MR) is 64.2 cm³/mol. The van der Waals surface area contributed by atoms with Gasteiger partial charge in [0.1, 0.15) is 0 Å². The second kappa shape index (κ2) is 5.97. The Labute approximate surface area is 101 Å². The number of nitrogens with one attached hydrogen (secondary N) is 1. The summed E-state index contributed by atoms with van der Waals surface area (Å²) in [5, 5.41) is 17.4. The first-order valence-electron chi connectivity index (χ1n) is 5.03. The third-order valence-electron chi connectivity index (χ3n) is 2.29. The molecule has 0 unspecified atom stereocenters. The number of hydrogen-bond donors (Lipinski definition) is 3. The molecular formula is C10H16N2O4S. The second-order valence-electron chi connectivity index (χ2n) is 3.61. The zero-order chi connectivity index (χ0) is 12.9. The first kappa shape index (κ1) is 13.9. The van der Waals surface area contributed by atoms with E-state index in [4.69, 9.17) is 10.3 Å². The molecule has 0 aliphatic carbocycles. The normalized spacial score (nSPS) is 11.8. The van der Waals surface area contributed by atoms with Gasteiger partial charge in [0.15, 0.2) is 0 Å². The third-order valence-corrected chi connectivity index (χ3v) is 4.13. The van der Waals surface area contributed by atoms with Crippen LogP contribution >= 0.6 is 0 Å². The van der Waals surface area contributed by atoms with Crippen molar-refractivity contribution < 1.29 is 18.7 Å². The number of anilines is 1. The molecule has 7 heteroatoms. The Kier molecular flexibility index (Phi) is 4.88. The summed E-state index contributed by atoms with van der Waals surface area (Å²) in [6.45, 7) is -0.145. The molecule has 0 aliphatic rings. The van der Waals surface area contributed by atoms with Crippen molar-refractivity contribution in [2.75, 3.05) is 25.7 Å².